The fourth-order valence-electron chi connectivity index (χ4n) is 3.32. The van der Waals surface area contributed by atoms with Crippen molar-refractivity contribution in [3.8, 4) is 6.07 Å². The van der Waals surface area contributed by atoms with E-state index in [2.05, 4.69) is 6.07 Å². The number of carbonyl (C=O) groups is 1. The summed E-state index contributed by atoms with van der Waals surface area (Å²) >= 11 is 0. The summed E-state index contributed by atoms with van der Waals surface area (Å²) in [6.07, 6.45) is 0.781. The smallest absolute Gasteiger partial charge is 0.423 e. The van der Waals surface area contributed by atoms with Crippen LogP contribution in [0.2, 0.25) is 0 Å². The minimum atomic E-state index is -0.879. The number of fused-ring (bicyclic) bond motifs is 2. The van der Waals surface area contributed by atoms with E-state index in [0.29, 0.717) is 30.8 Å². The molecule has 2 aromatic rings. The van der Waals surface area contributed by atoms with E-state index in [1.807, 2.05) is 24.3 Å². The Morgan fingerprint density at radius 1 is 1.25 bits per heavy atom. The molecule has 0 radical (unpaired) electrons. The number of benzene rings is 2. The van der Waals surface area contributed by atoms with Crippen LogP contribution >= 0.6 is 0 Å². The molecule has 2 aliphatic heterocycles. The molecule has 0 bridgehead atoms. The minimum Gasteiger partial charge on any atom is -0.423 e. The maximum Gasteiger partial charge on any atom is 0.491 e. The first kappa shape index (κ1) is 14.9. The number of hydrogen-bond donors (Lipinski definition) is 1. The van der Waals surface area contributed by atoms with Crippen molar-refractivity contribution in [1.82, 2.24) is 4.90 Å². The van der Waals surface area contributed by atoms with Crippen molar-refractivity contribution in [3.05, 3.63) is 64.2 Å². The summed E-state index contributed by atoms with van der Waals surface area (Å²) in [6.45, 7) is 1.55. The first-order chi connectivity index (χ1) is 11.7. The summed E-state index contributed by atoms with van der Waals surface area (Å²) < 4.78 is 5.21. The summed E-state index contributed by atoms with van der Waals surface area (Å²) in [6, 6.07) is 13.2. The molecule has 0 spiro atoms. The van der Waals surface area contributed by atoms with Crippen molar-refractivity contribution in [2.75, 3.05) is 6.54 Å². The highest BCUT2D eigenvalue weighted by molar-refractivity contribution is 6.61. The fraction of sp³-hybridized carbons (Fsp3) is 0.222. The standard InChI is InChI=1S/C18H15BN2O3/c20-9-12-1-3-14-5-6-21(18(22)16(14)7-12)10-13-2-4-15-11-24-19(23)17(15)8-13/h1-4,7-8,23H,5-6,10-11H2. The van der Waals surface area contributed by atoms with Crippen molar-refractivity contribution >= 4 is 18.5 Å². The van der Waals surface area contributed by atoms with Crippen molar-refractivity contribution in [2.45, 2.75) is 19.6 Å². The number of hydrogen-bond acceptors (Lipinski definition) is 4. The molecule has 0 unspecified atom stereocenters. The Morgan fingerprint density at radius 2 is 2.08 bits per heavy atom. The molecular formula is C18H15BN2O3. The first-order valence-electron chi connectivity index (χ1n) is 7.89. The van der Waals surface area contributed by atoms with Crippen LogP contribution in [-0.2, 0) is 24.2 Å². The molecule has 2 aromatic carbocycles. The molecule has 1 amide bonds. The lowest BCUT2D eigenvalue weighted by atomic mass is 9.79. The Balaban J connectivity index is 1.59. The number of nitrogens with zero attached hydrogens (tertiary/aromatic N) is 2. The second-order valence-electron chi connectivity index (χ2n) is 6.16. The molecular weight excluding hydrogens is 303 g/mol. The van der Waals surface area contributed by atoms with Gasteiger partial charge in [0.1, 0.15) is 0 Å². The van der Waals surface area contributed by atoms with Crippen LogP contribution in [0.25, 0.3) is 0 Å². The minimum absolute atomic E-state index is 0.0503. The van der Waals surface area contributed by atoms with Crippen LogP contribution in [-0.4, -0.2) is 29.5 Å². The zero-order chi connectivity index (χ0) is 16.7. The van der Waals surface area contributed by atoms with E-state index >= 15 is 0 Å². The van der Waals surface area contributed by atoms with Crippen LogP contribution in [0.5, 0.6) is 0 Å². The zero-order valence-electron chi connectivity index (χ0n) is 13.0. The molecule has 1 N–H and O–H groups in total. The van der Waals surface area contributed by atoms with Crippen LogP contribution in [0.3, 0.4) is 0 Å². The fourth-order valence-corrected chi connectivity index (χ4v) is 3.32. The van der Waals surface area contributed by atoms with Crippen LogP contribution in [0, 0.1) is 11.3 Å². The molecule has 24 heavy (non-hydrogen) atoms. The van der Waals surface area contributed by atoms with E-state index in [4.69, 9.17) is 9.92 Å². The van der Waals surface area contributed by atoms with Crippen LogP contribution in [0.1, 0.15) is 32.6 Å². The lowest BCUT2D eigenvalue weighted by molar-refractivity contribution is 0.0727. The molecule has 0 aliphatic carbocycles. The molecule has 0 fully saturated rings. The van der Waals surface area contributed by atoms with Crippen LogP contribution in [0.4, 0.5) is 0 Å². The van der Waals surface area contributed by atoms with Gasteiger partial charge in [0, 0.05) is 18.7 Å². The number of carbonyl (C=O) groups excluding carboxylic acids is 1. The highest BCUT2D eigenvalue weighted by Gasteiger charge is 2.29. The van der Waals surface area contributed by atoms with E-state index in [1.54, 1.807) is 17.0 Å². The Kier molecular flexibility index (Phi) is 3.60. The molecule has 0 saturated carbocycles. The lowest BCUT2D eigenvalue weighted by Crippen LogP contribution is -2.37. The van der Waals surface area contributed by atoms with Gasteiger partial charge in [-0.1, -0.05) is 24.3 Å². The maximum absolute atomic E-state index is 12.7. The number of rotatable bonds is 2. The molecule has 0 saturated heterocycles. The molecule has 4 rings (SSSR count). The Hall–Kier alpha value is -2.62. The van der Waals surface area contributed by atoms with E-state index in [1.165, 1.54) is 0 Å². The predicted octanol–water partition coefficient (Wildman–Crippen LogP) is 0.974. The normalized spacial score (nSPS) is 15.9. The molecule has 0 aromatic heterocycles. The summed E-state index contributed by atoms with van der Waals surface area (Å²) in [7, 11) is -0.879. The second-order valence-corrected chi connectivity index (χ2v) is 6.16. The highest BCUT2D eigenvalue weighted by atomic mass is 16.5. The predicted molar refractivity (Wildman–Crippen MR) is 88.4 cm³/mol. The van der Waals surface area contributed by atoms with E-state index in [9.17, 15) is 9.82 Å². The average molecular weight is 318 g/mol. The maximum atomic E-state index is 12.7. The van der Waals surface area contributed by atoms with Crippen molar-refractivity contribution in [3.63, 3.8) is 0 Å². The second kappa shape index (κ2) is 5.79. The van der Waals surface area contributed by atoms with Gasteiger partial charge in [0.05, 0.1) is 18.2 Å². The van der Waals surface area contributed by atoms with Gasteiger partial charge in [-0.05, 0) is 40.7 Å². The van der Waals surface area contributed by atoms with Gasteiger partial charge in [-0.15, -0.1) is 0 Å². The average Bonchev–Trinajstić information content (AvgIpc) is 2.98. The van der Waals surface area contributed by atoms with Gasteiger partial charge in [0.2, 0.25) is 0 Å². The molecule has 5 nitrogen and oxygen atoms in total. The van der Waals surface area contributed by atoms with Gasteiger partial charge in [-0.25, -0.2) is 0 Å². The Labute approximate surface area is 140 Å². The SMILES string of the molecule is N#Cc1ccc2c(c1)C(=O)N(Cc1ccc3c(c1)B(O)OC3)CC2. The van der Waals surface area contributed by atoms with Crippen LogP contribution < -0.4 is 5.46 Å². The number of amides is 1. The summed E-state index contributed by atoms with van der Waals surface area (Å²) in [5.41, 5.74) is 4.84. The van der Waals surface area contributed by atoms with E-state index in [-0.39, 0.29) is 5.91 Å². The Morgan fingerprint density at radius 3 is 2.92 bits per heavy atom. The third kappa shape index (κ3) is 2.48. The quantitative estimate of drug-likeness (QED) is 0.838. The van der Waals surface area contributed by atoms with Gasteiger partial charge < -0.3 is 14.6 Å². The third-order valence-corrected chi connectivity index (χ3v) is 4.65. The molecule has 6 heteroatoms. The van der Waals surface area contributed by atoms with Gasteiger partial charge in [-0.3, -0.25) is 4.79 Å². The van der Waals surface area contributed by atoms with Gasteiger partial charge >= 0.3 is 7.12 Å². The molecule has 118 valence electrons. The van der Waals surface area contributed by atoms with Crippen molar-refractivity contribution < 1.29 is 14.5 Å². The van der Waals surface area contributed by atoms with Crippen LogP contribution in [0.15, 0.2) is 36.4 Å². The van der Waals surface area contributed by atoms with Gasteiger partial charge in [0.15, 0.2) is 0 Å². The molecule has 2 aliphatic rings. The lowest BCUT2D eigenvalue weighted by Gasteiger charge is -2.29. The molecule has 2 heterocycles. The topological polar surface area (TPSA) is 73.6 Å². The van der Waals surface area contributed by atoms with Crippen molar-refractivity contribution in [1.29, 1.82) is 5.26 Å². The first-order valence-corrected chi connectivity index (χ1v) is 7.89. The number of nitriles is 1. The largest absolute Gasteiger partial charge is 0.491 e. The van der Waals surface area contributed by atoms with E-state index in [0.717, 1.165) is 28.6 Å². The highest BCUT2D eigenvalue weighted by Crippen LogP contribution is 2.22. The van der Waals surface area contributed by atoms with Gasteiger partial charge in [-0.2, -0.15) is 5.26 Å². The van der Waals surface area contributed by atoms with Crippen molar-refractivity contribution in [2.24, 2.45) is 0 Å². The van der Waals surface area contributed by atoms with E-state index < -0.39 is 7.12 Å². The third-order valence-electron chi connectivity index (χ3n) is 4.65. The molecule has 0 atom stereocenters. The van der Waals surface area contributed by atoms with Gasteiger partial charge in [0.25, 0.3) is 5.91 Å². The summed E-state index contributed by atoms with van der Waals surface area (Å²) in [5, 5.41) is 18.8. The monoisotopic (exact) mass is 318 g/mol. The summed E-state index contributed by atoms with van der Waals surface area (Å²) in [4.78, 5) is 14.5. The zero-order valence-corrected chi connectivity index (χ0v) is 13.0. The Bertz CT molecular complexity index is 875. The summed E-state index contributed by atoms with van der Waals surface area (Å²) in [5.74, 6) is -0.0503.